The number of anilines is 4. The molecule has 25 heavy (non-hydrogen) atoms. The lowest BCUT2D eigenvalue weighted by Gasteiger charge is -2.13. The highest BCUT2D eigenvalue weighted by molar-refractivity contribution is 5.68. The van der Waals surface area contributed by atoms with Gasteiger partial charge in [-0.25, -0.2) is 9.97 Å². The molecule has 0 spiro atoms. The normalized spacial score (nSPS) is 10.2. The second-order valence-corrected chi connectivity index (χ2v) is 5.17. The van der Waals surface area contributed by atoms with E-state index in [1.54, 1.807) is 7.11 Å². The van der Waals surface area contributed by atoms with E-state index in [0.717, 1.165) is 22.9 Å². The zero-order chi connectivity index (χ0) is 17.5. The standard InChI is InChI=1S/C19H20N4O2/c1-3-25-17-11-7-5-9-15(17)23-19-12-18(20-13-21-19)22-14-8-4-6-10-16(14)24-2/h4-13H,3H2,1-2H3,(H2,20,21,22,23). The number of rotatable bonds is 7. The van der Waals surface area contributed by atoms with Gasteiger partial charge in [0.1, 0.15) is 29.5 Å². The number of hydrogen-bond donors (Lipinski definition) is 2. The Morgan fingerprint density at radius 1 is 0.840 bits per heavy atom. The number of methoxy groups -OCH3 is 1. The van der Waals surface area contributed by atoms with Crippen LogP contribution < -0.4 is 20.1 Å². The van der Waals surface area contributed by atoms with Crippen molar-refractivity contribution < 1.29 is 9.47 Å². The Labute approximate surface area is 146 Å². The maximum atomic E-state index is 5.63. The third kappa shape index (κ3) is 4.17. The molecule has 0 saturated carbocycles. The van der Waals surface area contributed by atoms with Gasteiger partial charge >= 0.3 is 0 Å². The smallest absolute Gasteiger partial charge is 0.142 e. The van der Waals surface area contributed by atoms with Crippen LogP contribution in [0.2, 0.25) is 0 Å². The lowest BCUT2D eigenvalue weighted by molar-refractivity contribution is 0.342. The molecule has 0 radical (unpaired) electrons. The Bertz CT molecular complexity index is 839. The van der Waals surface area contributed by atoms with Crippen LogP contribution in [0.5, 0.6) is 11.5 Å². The van der Waals surface area contributed by atoms with Crippen LogP contribution in [0, 0.1) is 0 Å². The summed E-state index contributed by atoms with van der Waals surface area (Å²) in [6, 6.07) is 17.2. The molecule has 3 aromatic rings. The largest absolute Gasteiger partial charge is 0.495 e. The molecule has 0 fully saturated rings. The highest BCUT2D eigenvalue weighted by Crippen LogP contribution is 2.29. The summed E-state index contributed by atoms with van der Waals surface area (Å²) in [6.07, 6.45) is 1.50. The zero-order valence-electron chi connectivity index (χ0n) is 14.2. The maximum absolute atomic E-state index is 5.63. The molecule has 1 heterocycles. The highest BCUT2D eigenvalue weighted by atomic mass is 16.5. The molecule has 0 bridgehead atoms. The summed E-state index contributed by atoms with van der Waals surface area (Å²) in [5.41, 5.74) is 1.69. The molecule has 0 aliphatic carbocycles. The minimum Gasteiger partial charge on any atom is -0.495 e. The second-order valence-electron chi connectivity index (χ2n) is 5.17. The predicted molar refractivity (Wildman–Crippen MR) is 99.2 cm³/mol. The molecule has 2 aromatic carbocycles. The van der Waals surface area contributed by atoms with Crippen LogP contribution in [0.1, 0.15) is 6.92 Å². The topological polar surface area (TPSA) is 68.3 Å². The van der Waals surface area contributed by atoms with Crippen molar-refractivity contribution in [2.24, 2.45) is 0 Å². The molecular weight excluding hydrogens is 316 g/mol. The average molecular weight is 336 g/mol. The zero-order valence-corrected chi connectivity index (χ0v) is 14.2. The van der Waals surface area contributed by atoms with Crippen molar-refractivity contribution in [2.75, 3.05) is 24.4 Å². The van der Waals surface area contributed by atoms with Gasteiger partial charge in [-0.1, -0.05) is 24.3 Å². The van der Waals surface area contributed by atoms with Gasteiger partial charge in [-0.15, -0.1) is 0 Å². The minimum absolute atomic E-state index is 0.600. The summed E-state index contributed by atoms with van der Waals surface area (Å²) in [4.78, 5) is 8.53. The van der Waals surface area contributed by atoms with Crippen molar-refractivity contribution in [1.82, 2.24) is 9.97 Å². The molecule has 6 nitrogen and oxygen atoms in total. The first kappa shape index (κ1) is 16.6. The lowest BCUT2D eigenvalue weighted by atomic mass is 10.3. The van der Waals surface area contributed by atoms with E-state index in [1.165, 1.54) is 6.33 Å². The van der Waals surface area contributed by atoms with Crippen molar-refractivity contribution in [3.05, 3.63) is 60.9 Å². The predicted octanol–water partition coefficient (Wildman–Crippen LogP) is 4.37. The molecule has 3 rings (SSSR count). The Balaban J connectivity index is 1.80. The van der Waals surface area contributed by atoms with E-state index in [2.05, 4.69) is 20.6 Å². The molecule has 2 N–H and O–H groups in total. The average Bonchev–Trinajstić information content (AvgIpc) is 2.64. The molecular formula is C19H20N4O2. The van der Waals surface area contributed by atoms with Gasteiger partial charge in [-0.3, -0.25) is 0 Å². The van der Waals surface area contributed by atoms with Crippen LogP contribution >= 0.6 is 0 Å². The summed E-state index contributed by atoms with van der Waals surface area (Å²) >= 11 is 0. The van der Waals surface area contributed by atoms with Gasteiger partial charge in [0.05, 0.1) is 25.1 Å². The summed E-state index contributed by atoms with van der Waals surface area (Å²) in [6.45, 7) is 2.56. The van der Waals surface area contributed by atoms with Crippen LogP contribution in [-0.2, 0) is 0 Å². The van der Waals surface area contributed by atoms with Gasteiger partial charge in [0, 0.05) is 6.07 Å². The van der Waals surface area contributed by atoms with E-state index in [9.17, 15) is 0 Å². The second kappa shape index (κ2) is 8.01. The van der Waals surface area contributed by atoms with Crippen LogP contribution in [0.3, 0.4) is 0 Å². The molecule has 0 saturated heterocycles. The summed E-state index contributed by atoms with van der Waals surface area (Å²) < 4.78 is 11.0. The van der Waals surface area contributed by atoms with Crippen molar-refractivity contribution in [1.29, 1.82) is 0 Å². The van der Waals surface area contributed by atoms with Gasteiger partial charge in [-0.05, 0) is 31.2 Å². The Kier molecular flexibility index (Phi) is 5.31. The molecule has 1 aromatic heterocycles. The Morgan fingerprint density at radius 2 is 1.40 bits per heavy atom. The SMILES string of the molecule is CCOc1ccccc1Nc1cc(Nc2ccccc2OC)ncn1. The first-order valence-electron chi connectivity index (χ1n) is 8.01. The number of nitrogens with one attached hydrogen (secondary N) is 2. The fourth-order valence-electron chi connectivity index (χ4n) is 2.37. The van der Waals surface area contributed by atoms with E-state index in [-0.39, 0.29) is 0 Å². The minimum atomic E-state index is 0.600. The van der Waals surface area contributed by atoms with Crippen molar-refractivity contribution >= 4 is 23.0 Å². The van der Waals surface area contributed by atoms with Gasteiger partial charge in [0.25, 0.3) is 0 Å². The van der Waals surface area contributed by atoms with Crippen molar-refractivity contribution in [3.63, 3.8) is 0 Å². The first-order chi connectivity index (χ1) is 12.3. The number of aromatic nitrogens is 2. The Morgan fingerprint density at radius 3 is 2.00 bits per heavy atom. The Hall–Kier alpha value is -3.28. The quantitative estimate of drug-likeness (QED) is 0.668. The third-order valence-electron chi connectivity index (χ3n) is 3.49. The molecule has 0 unspecified atom stereocenters. The molecule has 0 atom stereocenters. The first-order valence-corrected chi connectivity index (χ1v) is 8.01. The summed E-state index contributed by atoms with van der Waals surface area (Å²) in [7, 11) is 1.64. The maximum Gasteiger partial charge on any atom is 0.142 e. The number of benzene rings is 2. The fraction of sp³-hybridized carbons (Fsp3) is 0.158. The van der Waals surface area contributed by atoms with E-state index in [4.69, 9.17) is 9.47 Å². The summed E-state index contributed by atoms with van der Waals surface area (Å²) in [5.74, 6) is 2.86. The van der Waals surface area contributed by atoms with Crippen LogP contribution in [-0.4, -0.2) is 23.7 Å². The number of hydrogen-bond acceptors (Lipinski definition) is 6. The van der Waals surface area contributed by atoms with Gasteiger partial charge < -0.3 is 20.1 Å². The van der Waals surface area contributed by atoms with Crippen LogP contribution in [0.15, 0.2) is 60.9 Å². The number of para-hydroxylation sites is 4. The van der Waals surface area contributed by atoms with E-state index in [1.807, 2.05) is 61.5 Å². The van der Waals surface area contributed by atoms with E-state index < -0.39 is 0 Å². The van der Waals surface area contributed by atoms with Crippen molar-refractivity contribution in [3.8, 4) is 11.5 Å². The monoisotopic (exact) mass is 336 g/mol. The van der Waals surface area contributed by atoms with Gasteiger partial charge in [0.2, 0.25) is 0 Å². The molecule has 6 heteroatoms. The van der Waals surface area contributed by atoms with E-state index >= 15 is 0 Å². The molecule has 0 aliphatic heterocycles. The van der Waals surface area contributed by atoms with Crippen LogP contribution in [0.25, 0.3) is 0 Å². The number of nitrogens with zero attached hydrogens (tertiary/aromatic N) is 2. The van der Waals surface area contributed by atoms with Crippen LogP contribution in [0.4, 0.5) is 23.0 Å². The lowest BCUT2D eigenvalue weighted by Crippen LogP contribution is -2.01. The van der Waals surface area contributed by atoms with E-state index in [0.29, 0.717) is 18.2 Å². The van der Waals surface area contributed by atoms with Gasteiger partial charge in [0.15, 0.2) is 0 Å². The molecule has 0 aliphatic rings. The third-order valence-corrected chi connectivity index (χ3v) is 3.49. The highest BCUT2D eigenvalue weighted by Gasteiger charge is 2.07. The number of ether oxygens (including phenoxy) is 2. The molecule has 128 valence electrons. The fourth-order valence-corrected chi connectivity index (χ4v) is 2.37. The molecule has 0 amide bonds. The van der Waals surface area contributed by atoms with Crippen molar-refractivity contribution in [2.45, 2.75) is 6.92 Å². The van der Waals surface area contributed by atoms with Gasteiger partial charge in [-0.2, -0.15) is 0 Å². The summed E-state index contributed by atoms with van der Waals surface area (Å²) in [5, 5.41) is 6.51.